The van der Waals surface area contributed by atoms with Crippen molar-refractivity contribution < 1.29 is 19.0 Å². The molecule has 0 fully saturated rings. The smallest absolute Gasteiger partial charge is 0.338 e. The molecule has 0 spiro atoms. The minimum atomic E-state index is -0.717. The number of ether oxygens (including phenoxy) is 3. The predicted octanol–water partition coefficient (Wildman–Crippen LogP) is 3.21. The highest BCUT2D eigenvalue weighted by molar-refractivity contribution is 7.07. The van der Waals surface area contributed by atoms with E-state index < -0.39 is 12.0 Å². The SMILES string of the molecule is CCOC(=O)C1=C(C)N=c2s/c(=C\c3cccc(OC)c3)c(=O)n2[C@@H]1c1ccccc1OCC. The van der Waals surface area contributed by atoms with Crippen LogP contribution in [0.5, 0.6) is 11.5 Å². The fraction of sp³-hybridized carbons (Fsp3) is 0.269. The average molecular weight is 479 g/mol. The summed E-state index contributed by atoms with van der Waals surface area (Å²) in [6.07, 6.45) is 1.81. The second-order valence-electron chi connectivity index (χ2n) is 7.55. The second kappa shape index (κ2) is 10.1. The summed E-state index contributed by atoms with van der Waals surface area (Å²) < 4.78 is 18.6. The van der Waals surface area contributed by atoms with Crippen molar-refractivity contribution in [2.75, 3.05) is 20.3 Å². The van der Waals surface area contributed by atoms with Crippen LogP contribution in [0.15, 0.2) is 69.6 Å². The molecule has 0 aliphatic carbocycles. The molecule has 0 amide bonds. The Morgan fingerprint density at radius 3 is 2.68 bits per heavy atom. The third-order valence-corrected chi connectivity index (χ3v) is 6.40. The van der Waals surface area contributed by atoms with E-state index in [2.05, 4.69) is 4.99 Å². The molecule has 1 aliphatic heterocycles. The summed E-state index contributed by atoms with van der Waals surface area (Å²) >= 11 is 1.28. The fourth-order valence-corrected chi connectivity index (χ4v) is 5.01. The minimum absolute atomic E-state index is 0.218. The van der Waals surface area contributed by atoms with Crippen molar-refractivity contribution in [1.29, 1.82) is 0 Å². The average Bonchev–Trinajstić information content (AvgIpc) is 3.13. The van der Waals surface area contributed by atoms with Gasteiger partial charge in [-0.25, -0.2) is 9.79 Å². The highest BCUT2D eigenvalue weighted by Gasteiger charge is 2.35. The predicted molar refractivity (Wildman–Crippen MR) is 131 cm³/mol. The Balaban J connectivity index is 1.97. The number of thiazole rings is 1. The van der Waals surface area contributed by atoms with Gasteiger partial charge in [-0.1, -0.05) is 41.7 Å². The molecule has 0 N–H and O–H groups in total. The Bertz CT molecular complexity index is 1430. The van der Waals surface area contributed by atoms with Crippen LogP contribution >= 0.6 is 11.3 Å². The molecule has 7 nitrogen and oxygen atoms in total. The van der Waals surface area contributed by atoms with Gasteiger partial charge in [-0.05, 0) is 50.6 Å². The van der Waals surface area contributed by atoms with Gasteiger partial charge < -0.3 is 14.2 Å². The van der Waals surface area contributed by atoms with Gasteiger partial charge in [0.2, 0.25) is 0 Å². The number of esters is 1. The van der Waals surface area contributed by atoms with Crippen LogP contribution in [0.3, 0.4) is 0 Å². The molecule has 2 heterocycles. The van der Waals surface area contributed by atoms with Gasteiger partial charge in [0.05, 0.1) is 36.1 Å². The van der Waals surface area contributed by atoms with E-state index in [0.29, 0.717) is 44.3 Å². The molecular formula is C26H26N2O5S. The lowest BCUT2D eigenvalue weighted by molar-refractivity contribution is -0.139. The van der Waals surface area contributed by atoms with E-state index >= 15 is 0 Å². The molecule has 34 heavy (non-hydrogen) atoms. The standard InChI is InChI=1S/C26H26N2O5S/c1-5-32-20-13-8-7-12-19(20)23-22(25(30)33-6-2)16(3)27-26-28(23)24(29)21(34-26)15-17-10-9-11-18(14-17)31-4/h7-15,23H,5-6H2,1-4H3/b21-15-/t23-/m1/s1. The maximum Gasteiger partial charge on any atom is 0.338 e. The summed E-state index contributed by atoms with van der Waals surface area (Å²) in [5.74, 6) is 0.807. The normalized spacial score (nSPS) is 15.5. The highest BCUT2D eigenvalue weighted by Crippen LogP contribution is 2.35. The van der Waals surface area contributed by atoms with Crippen LogP contribution in [0.2, 0.25) is 0 Å². The number of hydrogen-bond acceptors (Lipinski definition) is 7. The molecule has 3 aromatic rings. The molecule has 0 unspecified atom stereocenters. The van der Waals surface area contributed by atoms with Crippen molar-refractivity contribution in [3.63, 3.8) is 0 Å². The lowest BCUT2D eigenvalue weighted by Gasteiger charge is -2.26. The lowest BCUT2D eigenvalue weighted by atomic mass is 9.95. The van der Waals surface area contributed by atoms with Crippen LogP contribution in [-0.2, 0) is 9.53 Å². The van der Waals surface area contributed by atoms with Crippen molar-refractivity contribution in [2.45, 2.75) is 26.8 Å². The van der Waals surface area contributed by atoms with Crippen LogP contribution in [0.25, 0.3) is 6.08 Å². The number of aromatic nitrogens is 1. The van der Waals surface area contributed by atoms with Crippen molar-refractivity contribution in [1.82, 2.24) is 4.57 Å². The second-order valence-corrected chi connectivity index (χ2v) is 8.56. The van der Waals surface area contributed by atoms with E-state index in [1.165, 1.54) is 11.3 Å². The molecule has 0 bridgehead atoms. The van der Waals surface area contributed by atoms with Gasteiger partial charge in [0, 0.05) is 5.56 Å². The summed E-state index contributed by atoms with van der Waals surface area (Å²) in [6.45, 7) is 6.08. The molecule has 0 saturated carbocycles. The van der Waals surface area contributed by atoms with Crippen molar-refractivity contribution in [3.8, 4) is 11.5 Å². The molecule has 0 radical (unpaired) electrons. The van der Waals surface area contributed by atoms with Crippen LogP contribution in [0, 0.1) is 0 Å². The zero-order valence-corrected chi connectivity index (χ0v) is 20.3. The Morgan fingerprint density at radius 2 is 1.94 bits per heavy atom. The number of para-hydroxylation sites is 1. The van der Waals surface area contributed by atoms with Gasteiger partial charge in [-0.15, -0.1) is 0 Å². The van der Waals surface area contributed by atoms with Crippen LogP contribution in [-0.4, -0.2) is 30.9 Å². The van der Waals surface area contributed by atoms with E-state index in [1.54, 1.807) is 31.6 Å². The van der Waals surface area contributed by atoms with E-state index in [4.69, 9.17) is 14.2 Å². The number of fused-ring (bicyclic) bond motifs is 1. The summed E-state index contributed by atoms with van der Waals surface area (Å²) in [5.41, 5.74) is 2.14. The monoisotopic (exact) mass is 478 g/mol. The summed E-state index contributed by atoms with van der Waals surface area (Å²) in [5, 5.41) is 0. The molecule has 2 aromatic carbocycles. The molecule has 1 aromatic heterocycles. The van der Waals surface area contributed by atoms with Crippen LogP contribution in [0.4, 0.5) is 0 Å². The topological polar surface area (TPSA) is 79.1 Å². The molecule has 1 aliphatic rings. The van der Waals surface area contributed by atoms with Gasteiger partial charge in [-0.3, -0.25) is 9.36 Å². The zero-order valence-electron chi connectivity index (χ0n) is 19.5. The van der Waals surface area contributed by atoms with Crippen molar-refractivity contribution >= 4 is 23.4 Å². The largest absolute Gasteiger partial charge is 0.497 e. The van der Waals surface area contributed by atoms with E-state index in [0.717, 1.165) is 5.56 Å². The summed E-state index contributed by atoms with van der Waals surface area (Å²) in [4.78, 5) is 31.9. The Kier molecular flexibility index (Phi) is 6.98. The molecule has 8 heteroatoms. The first kappa shape index (κ1) is 23.5. The van der Waals surface area contributed by atoms with Gasteiger partial charge in [0.1, 0.15) is 17.5 Å². The van der Waals surface area contributed by atoms with E-state index in [-0.39, 0.29) is 12.2 Å². The van der Waals surface area contributed by atoms with Gasteiger partial charge in [0.25, 0.3) is 5.56 Å². The first-order valence-corrected chi connectivity index (χ1v) is 11.9. The summed E-state index contributed by atoms with van der Waals surface area (Å²) in [7, 11) is 1.60. The molecule has 176 valence electrons. The number of rotatable bonds is 7. The van der Waals surface area contributed by atoms with Crippen molar-refractivity contribution in [2.24, 2.45) is 4.99 Å². The highest BCUT2D eigenvalue weighted by atomic mass is 32.1. The number of benzene rings is 2. The number of methoxy groups -OCH3 is 1. The van der Waals surface area contributed by atoms with Gasteiger partial charge >= 0.3 is 5.97 Å². The quantitative estimate of drug-likeness (QED) is 0.488. The third-order valence-electron chi connectivity index (χ3n) is 5.42. The first-order valence-electron chi connectivity index (χ1n) is 11.0. The molecule has 1 atom stereocenters. The Labute approximate surface area is 201 Å². The first-order chi connectivity index (χ1) is 16.5. The zero-order chi connectivity index (χ0) is 24.2. The van der Waals surface area contributed by atoms with Crippen LogP contribution in [0.1, 0.15) is 37.9 Å². The molecular weight excluding hydrogens is 452 g/mol. The summed E-state index contributed by atoms with van der Waals surface area (Å²) in [6, 6.07) is 14.2. The maximum absolute atomic E-state index is 13.7. The number of nitrogens with zero attached hydrogens (tertiary/aromatic N) is 2. The fourth-order valence-electron chi connectivity index (χ4n) is 3.96. The minimum Gasteiger partial charge on any atom is -0.497 e. The van der Waals surface area contributed by atoms with Crippen LogP contribution < -0.4 is 24.4 Å². The number of hydrogen-bond donors (Lipinski definition) is 0. The van der Waals surface area contributed by atoms with E-state index in [9.17, 15) is 9.59 Å². The maximum atomic E-state index is 13.7. The van der Waals surface area contributed by atoms with Gasteiger partial charge in [0.15, 0.2) is 4.80 Å². The number of carbonyl (C=O) groups excluding carboxylic acids is 1. The van der Waals surface area contributed by atoms with Gasteiger partial charge in [-0.2, -0.15) is 0 Å². The van der Waals surface area contributed by atoms with Crippen molar-refractivity contribution in [3.05, 3.63) is 90.6 Å². The Morgan fingerprint density at radius 1 is 1.15 bits per heavy atom. The molecule has 0 saturated heterocycles. The Hall–Kier alpha value is -3.65. The number of carbonyl (C=O) groups is 1. The third kappa shape index (κ3) is 4.41. The molecule has 4 rings (SSSR count). The lowest BCUT2D eigenvalue weighted by Crippen LogP contribution is -2.40. The number of allylic oxidation sites excluding steroid dienone is 1. The van der Waals surface area contributed by atoms with E-state index in [1.807, 2.05) is 55.5 Å².